The molecular weight excluding hydrogens is 366 g/mol. The molecule has 0 aliphatic carbocycles. The lowest BCUT2D eigenvalue weighted by Gasteiger charge is -2.06. The summed E-state index contributed by atoms with van der Waals surface area (Å²) in [6.07, 6.45) is 3.29. The summed E-state index contributed by atoms with van der Waals surface area (Å²) in [5.74, 6) is 0.985. The molecule has 5 rings (SSSR count). The number of rotatable bonds is 4. The Labute approximate surface area is 166 Å². The SMILES string of the molecule is Cc1ccc(-c2nn(-c3ccccc3)cc2C(=O)Nn2cnc3ccccc32)o1. The van der Waals surface area contributed by atoms with Gasteiger partial charge in [-0.05, 0) is 43.3 Å². The van der Waals surface area contributed by atoms with E-state index in [-0.39, 0.29) is 5.91 Å². The topological polar surface area (TPSA) is 77.9 Å². The summed E-state index contributed by atoms with van der Waals surface area (Å²) in [5.41, 5.74) is 6.23. The Kier molecular flexibility index (Phi) is 3.98. The largest absolute Gasteiger partial charge is 0.460 e. The van der Waals surface area contributed by atoms with E-state index in [1.165, 1.54) is 0 Å². The zero-order chi connectivity index (χ0) is 19.8. The molecule has 7 nitrogen and oxygen atoms in total. The minimum absolute atomic E-state index is 0.306. The van der Waals surface area contributed by atoms with Gasteiger partial charge in [0.15, 0.2) is 5.76 Å². The highest BCUT2D eigenvalue weighted by atomic mass is 16.3. The molecule has 3 aromatic heterocycles. The van der Waals surface area contributed by atoms with E-state index in [0.717, 1.165) is 22.5 Å². The van der Waals surface area contributed by atoms with E-state index in [4.69, 9.17) is 4.42 Å². The molecule has 0 aliphatic heterocycles. The normalized spacial score (nSPS) is 11.1. The third-order valence-corrected chi connectivity index (χ3v) is 4.63. The fourth-order valence-corrected chi connectivity index (χ4v) is 3.21. The quantitative estimate of drug-likeness (QED) is 0.505. The smallest absolute Gasteiger partial charge is 0.274 e. The minimum atomic E-state index is -0.306. The van der Waals surface area contributed by atoms with Crippen LogP contribution >= 0.6 is 0 Å². The van der Waals surface area contributed by atoms with E-state index >= 15 is 0 Å². The molecule has 0 bridgehead atoms. The molecule has 3 heterocycles. The maximum Gasteiger partial charge on any atom is 0.274 e. The highest BCUT2D eigenvalue weighted by molar-refractivity contribution is 6.04. The number of amides is 1. The Hall–Kier alpha value is -4.13. The first-order valence-electron chi connectivity index (χ1n) is 9.14. The number of aryl methyl sites for hydroxylation is 1. The molecule has 7 heteroatoms. The fraction of sp³-hybridized carbons (Fsp3) is 0.0455. The van der Waals surface area contributed by atoms with Gasteiger partial charge < -0.3 is 4.42 Å². The van der Waals surface area contributed by atoms with E-state index < -0.39 is 0 Å². The van der Waals surface area contributed by atoms with E-state index in [2.05, 4.69) is 15.5 Å². The molecule has 0 saturated carbocycles. The van der Waals surface area contributed by atoms with Gasteiger partial charge in [-0.15, -0.1) is 0 Å². The lowest BCUT2D eigenvalue weighted by atomic mass is 10.2. The van der Waals surface area contributed by atoms with Crippen molar-refractivity contribution >= 4 is 16.9 Å². The number of benzene rings is 2. The van der Waals surface area contributed by atoms with E-state index in [1.54, 1.807) is 21.9 Å². The molecule has 0 spiro atoms. The second-order valence-corrected chi connectivity index (χ2v) is 6.63. The summed E-state index contributed by atoms with van der Waals surface area (Å²) >= 11 is 0. The van der Waals surface area contributed by atoms with Crippen LogP contribution in [-0.2, 0) is 0 Å². The van der Waals surface area contributed by atoms with Crippen LogP contribution in [0.1, 0.15) is 16.1 Å². The van der Waals surface area contributed by atoms with Crippen LogP contribution in [0.25, 0.3) is 28.2 Å². The average Bonchev–Trinajstić information content (AvgIpc) is 3.47. The van der Waals surface area contributed by atoms with Crippen molar-refractivity contribution in [2.45, 2.75) is 6.92 Å². The van der Waals surface area contributed by atoms with Crippen LogP contribution in [0.15, 0.2) is 83.7 Å². The van der Waals surface area contributed by atoms with Gasteiger partial charge in [-0.25, -0.2) is 14.3 Å². The van der Waals surface area contributed by atoms with E-state index in [9.17, 15) is 4.79 Å². The number of carbonyl (C=O) groups is 1. The van der Waals surface area contributed by atoms with Crippen molar-refractivity contribution in [2.24, 2.45) is 0 Å². The Morgan fingerprint density at radius 1 is 1.00 bits per heavy atom. The van der Waals surface area contributed by atoms with E-state index in [1.807, 2.05) is 73.7 Å². The van der Waals surface area contributed by atoms with Crippen LogP contribution in [0.5, 0.6) is 0 Å². The second-order valence-electron chi connectivity index (χ2n) is 6.63. The first kappa shape index (κ1) is 17.0. The summed E-state index contributed by atoms with van der Waals surface area (Å²) in [7, 11) is 0. The summed E-state index contributed by atoms with van der Waals surface area (Å²) in [6.45, 7) is 1.86. The second kappa shape index (κ2) is 6.79. The predicted molar refractivity (Wildman–Crippen MR) is 109 cm³/mol. The average molecular weight is 383 g/mol. The number of aromatic nitrogens is 4. The molecule has 142 valence electrons. The zero-order valence-electron chi connectivity index (χ0n) is 15.6. The third-order valence-electron chi connectivity index (χ3n) is 4.63. The van der Waals surface area contributed by atoms with Crippen LogP contribution in [0.3, 0.4) is 0 Å². The van der Waals surface area contributed by atoms with Crippen LogP contribution in [0.4, 0.5) is 0 Å². The van der Waals surface area contributed by atoms with Gasteiger partial charge in [0, 0.05) is 6.20 Å². The van der Waals surface area contributed by atoms with Crippen LogP contribution in [0, 0.1) is 6.92 Å². The molecule has 0 unspecified atom stereocenters. The number of nitrogens with one attached hydrogen (secondary N) is 1. The standard InChI is InChI=1S/C22H17N5O2/c1-15-11-12-20(29-15)21-17(13-26(24-21)16-7-3-2-4-8-16)22(28)25-27-14-23-18-9-5-6-10-19(18)27/h2-14H,1H3,(H,25,28). The Balaban J connectivity index is 1.57. The minimum Gasteiger partial charge on any atom is -0.460 e. The summed E-state index contributed by atoms with van der Waals surface area (Å²) in [6, 6.07) is 20.9. The molecule has 29 heavy (non-hydrogen) atoms. The Bertz CT molecular complexity index is 1310. The maximum absolute atomic E-state index is 13.1. The molecule has 0 radical (unpaired) electrons. The molecular formula is C22H17N5O2. The van der Waals surface area contributed by atoms with Crippen molar-refractivity contribution in [2.75, 3.05) is 5.43 Å². The lowest BCUT2D eigenvalue weighted by Crippen LogP contribution is -2.22. The van der Waals surface area contributed by atoms with Gasteiger partial charge in [0.25, 0.3) is 5.91 Å². The van der Waals surface area contributed by atoms with Gasteiger partial charge in [0.1, 0.15) is 17.8 Å². The first-order chi connectivity index (χ1) is 14.2. The number of fused-ring (bicyclic) bond motifs is 1. The third kappa shape index (κ3) is 3.08. The zero-order valence-corrected chi connectivity index (χ0v) is 15.6. The number of hydrogen-bond donors (Lipinski definition) is 1. The number of para-hydroxylation sites is 3. The Morgan fingerprint density at radius 2 is 1.79 bits per heavy atom. The van der Waals surface area contributed by atoms with Gasteiger partial charge in [-0.2, -0.15) is 5.10 Å². The van der Waals surface area contributed by atoms with Crippen molar-refractivity contribution in [3.05, 3.63) is 90.6 Å². The molecule has 2 aromatic carbocycles. The highest BCUT2D eigenvalue weighted by Gasteiger charge is 2.21. The number of imidazole rings is 1. The van der Waals surface area contributed by atoms with Crippen LogP contribution in [0.2, 0.25) is 0 Å². The predicted octanol–water partition coefficient (Wildman–Crippen LogP) is 4.17. The molecule has 1 amide bonds. The van der Waals surface area contributed by atoms with Crippen molar-refractivity contribution < 1.29 is 9.21 Å². The van der Waals surface area contributed by atoms with Gasteiger partial charge in [0.2, 0.25) is 0 Å². The molecule has 0 atom stereocenters. The Morgan fingerprint density at radius 3 is 2.59 bits per heavy atom. The first-order valence-corrected chi connectivity index (χ1v) is 9.14. The molecule has 0 aliphatic rings. The lowest BCUT2D eigenvalue weighted by molar-refractivity contribution is 0.101. The van der Waals surface area contributed by atoms with E-state index in [0.29, 0.717) is 17.0 Å². The van der Waals surface area contributed by atoms with Crippen molar-refractivity contribution in [3.63, 3.8) is 0 Å². The van der Waals surface area contributed by atoms with Gasteiger partial charge >= 0.3 is 0 Å². The number of hydrogen-bond acceptors (Lipinski definition) is 4. The number of furan rings is 1. The summed E-state index contributed by atoms with van der Waals surface area (Å²) in [4.78, 5) is 17.5. The monoisotopic (exact) mass is 383 g/mol. The number of nitrogens with zero attached hydrogens (tertiary/aromatic N) is 4. The summed E-state index contributed by atoms with van der Waals surface area (Å²) < 4.78 is 9.02. The highest BCUT2D eigenvalue weighted by Crippen LogP contribution is 2.26. The molecule has 0 fully saturated rings. The van der Waals surface area contributed by atoms with Gasteiger partial charge in [-0.1, -0.05) is 30.3 Å². The van der Waals surface area contributed by atoms with Crippen molar-refractivity contribution in [1.29, 1.82) is 0 Å². The van der Waals surface area contributed by atoms with Crippen molar-refractivity contribution in [3.8, 4) is 17.1 Å². The molecule has 1 N–H and O–H groups in total. The van der Waals surface area contributed by atoms with Gasteiger partial charge in [0.05, 0.1) is 22.3 Å². The number of carbonyl (C=O) groups excluding carboxylic acids is 1. The summed E-state index contributed by atoms with van der Waals surface area (Å²) in [5, 5.41) is 4.61. The molecule has 0 saturated heterocycles. The molecule has 5 aromatic rings. The van der Waals surface area contributed by atoms with Crippen LogP contribution in [-0.4, -0.2) is 25.3 Å². The fourth-order valence-electron chi connectivity index (χ4n) is 3.21. The van der Waals surface area contributed by atoms with Crippen molar-refractivity contribution in [1.82, 2.24) is 19.4 Å². The maximum atomic E-state index is 13.1. The van der Waals surface area contributed by atoms with Gasteiger partial charge in [-0.3, -0.25) is 10.2 Å². The van der Waals surface area contributed by atoms with Crippen LogP contribution < -0.4 is 5.43 Å².